The number of nitrogens with one attached hydrogen (secondary N) is 2. The van der Waals surface area contributed by atoms with Crippen LogP contribution < -0.4 is 10.6 Å². The minimum atomic E-state index is -0.337. The van der Waals surface area contributed by atoms with E-state index in [1.165, 1.54) is 12.3 Å². The number of hydrogen-bond donors (Lipinski definition) is 2. The van der Waals surface area contributed by atoms with E-state index in [0.717, 1.165) is 23.2 Å². The van der Waals surface area contributed by atoms with Gasteiger partial charge in [0.1, 0.15) is 5.69 Å². The third kappa shape index (κ3) is 4.87. The van der Waals surface area contributed by atoms with Gasteiger partial charge in [-0.1, -0.05) is 25.1 Å². The first-order valence-electron chi connectivity index (χ1n) is 8.19. The number of para-hydroxylation sites is 1. The molecule has 0 radical (unpaired) electrons. The van der Waals surface area contributed by atoms with Crippen LogP contribution in [0.15, 0.2) is 36.5 Å². The third-order valence-electron chi connectivity index (χ3n) is 3.83. The van der Waals surface area contributed by atoms with Crippen LogP contribution in [0.4, 0.5) is 5.69 Å². The lowest BCUT2D eigenvalue weighted by atomic mass is 10.1. The Bertz CT molecular complexity index is 759. The zero-order chi connectivity index (χ0) is 18.2. The van der Waals surface area contributed by atoms with Crippen molar-refractivity contribution in [2.45, 2.75) is 20.3 Å². The van der Waals surface area contributed by atoms with Gasteiger partial charge >= 0.3 is 0 Å². The van der Waals surface area contributed by atoms with E-state index in [9.17, 15) is 9.59 Å². The zero-order valence-corrected chi connectivity index (χ0v) is 14.8. The Morgan fingerprint density at radius 1 is 1.20 bits per heavy atom. The summed E-state index contributed by atoms with van der Waals surface area (Å²) in [5.41, 5.74) is 3.43. The summed E-state index contributed by atoms with van der Waals surface area (Å²) in [7, 11) is 1.57. The van der Waals surface area contributed by atoms with E-state index in [1.54, 1.807) is 13.2 Å². The normalized spacial score (nSPS) is 10.4. The van der Waals surface area contributed by atoms with Gasteiger partial charge in [0.15, 0.2) is 0 Å². The number of carbonyl (C=O) groups is 2. The van der Waals surface area contributed by atoms with Crippen molar-refractivity contribution in [2.24, 2.45) is 0 Å². The molecule has 0 aliphatic carbocycles. The van der Waals surface area contributed by atoms with E-state index in [4.69, 9.17) is 4.74 Å². The van der Waals surface area contributed by atoms with E-state index in [0.29, 0.717) is 18.7 Å². The molecule has 25 heavy (non-hydrogen) atoms. The maximum atomic E-state index is 12.5. The molecule has 1 aromatic carbocycles. The van der Waals surface area contributed by atoms with Crippen LogP contribution in [0.3, 0.4) is 0 Å². The quantitative estimate of drug-likeness (QED) is 0.759. The molecule has 0 spiro atoms. The van der Waals surface area contributed by atoms with Crippen LogP contribution in [-0.4, -0.2) is 37.1 Å². The maximum absolute atomic E-state index is 12.5. The first-order valence-corrected chi connectivity index (χ1v) is 8.19. The Morgan fingerprint density at radius 2 is 2.00 bits per heavy atom. The van der Waals surface area contributed by atoms with Crippen LogP contribution in [-0.2, 0) is 11.2 Å². The lowest BCUT2D eigenvalue weighted by molar-refractivity contribution is 0.0937. The van der Waals surface area contributed by atoms with Crippen molar-refractivity contribution >= 4 is 17.5 Å². The zero-order valence-electron chi connectivity index (χ0n) is 14.8. The first-order chi connectivity index (χ1) is 12.1. The number of carbonyl (C=O) groups excluding carboxylic acids is 2. The van der Waals surface area contributed by atoms with E-state index in [1.807, 2.05) is 32.0 Å². The van der Waals surface area contributed by atoms with E-state index < -0.39 is 0 Å². The molecule has 0 fully saturated rings. The molecule has 6 heteroatoms. The first kappa shape index (κ1) is 18.6. The number of anilines is 1. The van der Waals surface area contributed by atoms with Crippen molar-refractivity contribution in [3.63, 3.8) is 0 Å². The molecule has 0 bridgehead atoms. The largest absolute Gasteiger partial charge is 0.383 e. The molecule has 2 rings (SSSR count). The predicted octanol–water partition coefficient (Wildman–Crippen LogP) is 2.58. The molecule has 0 aliphatic rings. The summed E-state index contributed by atoms with van der Waals surface area (Å²) in [6.45, 7) is 4.81. The highest BCUT2D eigenvalue weighted by Crippen LogP contribution is 2.21. The fourth-order valence-electron chi connectivity index (χ4n) is 2.44. The highest BCUT2D eigenvalue weighted by Gasteiger charge is 2.14. The van der Waals surface area contributed by atoms with Gasteiger partial charge in [0.25, 0.3) is 11.8 Å². The van der Waals surface area contributed by atoms with Crippen LogP contribution in [0.2, 0.25) is 0 Å². The van der Waals surface area contributed by atoms with Gasteiger partial charge in [-0.2, -0.15) is 0 Å². The second-order valence-electron chi connectivity index (χ2n) is 5.60. The van der Waals surface area contributed by atoms with Gasteiger partial charge in [-0.15, -0.1) is 0 Å². The fourth-order valence-corrected chi connectivity index (χ4v) is 2.44. The number of ether oxygens (including phenoxy) is 1. The van der Waals surface area contributed by atoms with Crippen molar-refractivity contribution < 1.29 is 14.3 Å². The molecular formula is C19H23N3O3. The highest BCUT2D eigenvalue weighted by molar-refractivity contribution is 6.05. The third-order valence-corrected chi connectivity index (χ3v) is 3.83. The number of aryl methyl sites for hydroxylation is 2. The summed E-state index contributed by atoms with van der Waals surface area (Å²) in [4.78, 5) is 28.7. The van der Waals surface area contributed by atoms with Gasteiger partial charge in [0, 0.05) is 31.1 Å². The smallest absolute Gasteiger partial charge is 0.274 e. The number of aromatic nitrogens is 1. The van der Waals surface area contributed by atoms with Crippen molar-refractivity contribution in [3.05, 3.63) is 58.9 Å². The van der Waals surface area contributed by atoms with Crippen molar-refractivity contribution in [1.82, 2.24) is 10.3 Å². The fraction of sp³-hybridized carbons (Fsp3) is 0.316. The van der Waals surface area contributed by atoms with Gasteiger partial charge in [0.2, 0.25) is 0 Å². The standard InChI is InChI=1S/C19H23N3O3/c1-4-14-7-5-6-13(2)17(14)22-19(24)16-12-15(8-9-20-16)18(23)21-10-11-25-3/h5-9,12H,4,10-11H2,1-3H3,(H,21,23)(H,22,24). The summed E-state index contributed by atoms with van der Waals surface area (Å²) in [6.07, 6.45) is 2.27. The van der Waals surface area contributed by atoms with Gasteiger partial charge < -0.3 is 15.4 Å². The lowest BCUT2D eigenvalue weighted by Gasteiger charge is -2.13. The molecule has 2 aromatic rings. The van der Waals surface area contributed by atoms with Gasteiger partial charge in [0.05, 0.1) is 6.61 Å². The minimum Gasteiger partial charge on any atom is -0.383 e. The van der Waals surface area contributed by atoms with Crippen LogP contribution in [0.5, 0.6) is 0 Å². The second kappa shape index (κ2) is 8.94. The van der Waals surface area contributed by atoms with Crippen molar-refractivity contribution in [1.29, 1.82) is 0 Å². The highest BCUT2D eigenvalue weighted by atomic mass is 16.5. The summed E-state index contributed by atoms with van der Waals surface area (Å²) >= 11 is 0. The summed E-state index contributed by atoms with van der Waals surface area (Å²) < 4.78 is 4.90. The molecule has 2 N–H and O–H groups in total. The number of rotatable bonds is 7. The monoisotopic (exact) mass is 341 g/mol. The maximum Gasteiger partial charge on any atom is 0.274 e. The Labute approximate surface area is 147 Å². The number of methoxy groups -OCH3 is 1. The van der Waals surface area contributed by atoms with E-state index in [2.05, 4.69) is 15.6 Å². The molecule has 1 heterocycles. The summed E-state index contributed by atoms with van der Waals surface area (Å²) in [6, 6.07) is 8.95. The number of pyridine rings is 1. The molecule has 0 saturated carbocycles. The Kier molecular flexibility index (Phi) is 6.65. The van der Waals surface area contributed by atoms with Crippen LogP contribution in [0.25, 0.3) is 0 Å². The Balaban J connectivity index is 2.15. The second-order valence-corrected chi connectivity index (χ2v) is 5.60. The lowest BCUT2D eigenvalue weighted by Crippen LogP contribution is -2.27. The van der Waals surface area contributed by atoms with Crippen LogP contribution in [0, 0.1) is 6.92 Å². The number of hydrogen-bond acceptors (Lipinski definition) is 4. The molecule has 132 valence electrons. The summed E-state index contributed by atoms with van der Waals surface area (Å²) in [5, 5.41) is 5.63. The van der Waals surface area contributed by atoms with Crippen molar-refractivity contribution in [3.8, 4) is 0 Å². The average Bonchev–Trinajstić information content (AvgIpc) is 2.63. The SMILES string of the molecule is CCc1cccc(C)c1NC(=O)c1cc(C(=O)NCCOC)ccn1. The Hall–Kier alpha value is -2.73. The molecule has 1 aromatic heterocycles. The van der Waals surface area contributed by atoms with Gasteiger partial charge in [-0.05, 0) is 36.6 Å². The summed E-state index contributed by atoms with van der Waals surface area (Å²) in [5.74, 6) is -0.603. The van der Waals surface area contributed by atoms with Gasteiger partial charge in [-0.3, -0.25) is 14.6 Å². The number of nitrogens with zero attached hydrogens (tertiary/aromatic N) is 1. The number of amides is 2. The van der Waals surface area contributed by atoms with Crippen molar-refractivity contribution in [2.75, 3.05) is 25.6 Å². The van der Waals surface area contributed by atoms with E-state index >= 15 is 0 Å². The molecule has 6 nitrogen and oxygen atoms in total. The predicted molar refractivity (Wildman–Crippen MR) is 97.0 cm³/mol. The van der Waals surface area contributed by atoms with Crippen LogP contribution >= 0.6 is 0 Å². The Morgan fingerprint density at radius 3 is 2.72 bits per heavy atom. The molecule has 2 amide bonds. The minimum absolute atomic E-state index is 0.199. The van der Waals surface area contributed by atoms with Gasteiger partial charge in [-0.25, -0.2) is 0 Å². The topological polar surface area (TPSA) is 80.3 Å². The average molecular weight is 341 g/mol. The molecule has 0 atom stereocenters. The molecule has 0 unspecified atom stereocenters. The molecular weight excluding hydrogens is 318 g/mol. The number of benzene rings is 1. The molecule has 0 saturated heterocycles. The van der Waals surface area contributed by atoms with Crippen LogP contribution in [0.1, 0.15) is 38.9 Å². The van der Waals surface area contributed by atoms with E-state index in [-0.39, 0.29) is 17.5 Å². The molecule has 0 aliphatic heterocycles.